The first-order valence-electron chi connectivity index (χ1n) is 9.45. The van der Waals surface area contributed by atoms with Gasteiger partial charge in [-0.3, -0.25) is 9.59 Å². The molecule has 0 saturated heterocycles. The molecule has 3 rings (SSSR count). The van der Waals surface area contributed by atoms with Gasteiger partial charge in [0.25, 0.3) is 11.8 Å². The van der Waals surface area contributed by atoms with E-state index in [4.69, 9.17) is 10.00 Å². The summed E-state index contributed by atoms with van der Waals surface area (Å²) in [7, 11) is 0. The highest BCUT2D eigenvalue weighted by molar-refractivity contribution is 6.07. The number of nitrogens with one attached hydrogen (secondary N) is 2. The number of hydrogen-bond acceptors (Lipinski definition) is 4. The average molecular weight is 399 g/mol. The zero-order valence-corrected chi connectivity index (χ0v) is 16.7. The van der Waals surface area contributed by atoms with Gasteiger partial charge in [-0.1, -0.05) is 12.1 Å². The van der Waals surface area contributed by atoms with Gasteiger partial charge in [-0.25, -0.2) is 0 Å². The van der Waals surface area contributed by atoms with Crippen LogP contribution >= 0.6 is 0 Å². The van der Waals surface area contributed by atoms with Gasteiger partial charge in [0.15, 0.2) is 0 Å². The topological polar surface area (TPSA) is 91.2 Å². The Bertz CT molecular complexity index is 1080. The van der Waals surface area contributed by atoms with Crippen LogP contribution in [0.25, 0.3) is 0 Å². The van der Waals surface area contributed by atoms with E-state index >= 15 is 0 Å². The molecule has 0 aliphatic carbocycles. The van der Waals surface area contributed by atoms with Crippen LogP contribution in [0.3, 0.4) is 0 Å². The Hall–Kier alpha value is -4.11. The molecule has 0 radical (unpaired) electrons. The van der Waals surface area contributed by atoms with Crippen LogP contribution in [-0.2, 0) is 0 Å². The lowest BCUT2D eigenvalue weighted by atomic mass is 10.1. The molecule has 0 bridgehead atoms. The van der Waals surface area contributed by atoms with Crippen LogP contribution in [0.4, 0.5) is 11.4 Å². The van der Waals surface area contributed by atoms with Crippen LogP contribution < -0.4 is 15.4 Å². The summed E-state index contributed by atoms with van der Waals surface area (Å²) in [5.74, 6) is -0.00420. The molecular weight excluding hydrogens is 378 g/mol. The van der Waals surface area contributed by atoms with Gasteiger partial charge >= 0.3 is 0 Å². The lowest BCUT2D eigenvalue weighted by Gasteiger charge is -2.14. The summed E-state index contributed by atoms with van der Waals surface area (Å²) in [6.07, 6.45) is -0.0167. The number of hydrogen-bond donors (Lipinski definition) is 2. The molecule has 0 atom stereocenters. The lowest BCUT2D eigenvalue weighted by molar-refractivity contribution is 0.101. The Kier molecular flexibility index (Phi) is 6.46. The third kappa shape index (κ3) is 5.24. The SMILES string of the molecule is CC(C)Oc1ccccc1NC(=O)c1ccc(C(=O)Nc2ccc(C#N)cc2)cc1. The van der Waals surface area contributed by atoms with Gasteiger partial charge < -0.3 is 15.4 Å². The predicted molar refractivity (Wildman–Crippen MR) is 116 cm³/mol. The van der Waals surface area contributed by atoms with Crippen LogP contribution in [0.5, 0.6) is 5.75 Å². The number of amides is 2. The number of benzene rings is 3. The van der Waals surface area contributed by atoms with Crippen LogP contribution in [0.15, 0.2) is 72.8 Å². The summed E-state index contributed by atoms with van der Waals surface area (Å²) >= 11 is 0. The quantitative estimate of drug-likeness (QED) is 0.620. The number of nitriles is 1. The van der Waals surface area contributed by atoms with Crippen molar-refractivity contribution in [2.45, 2.75) is 20.0 Å². The van der Waals surface area contributed by atoms with E-state index < -0.39 is 0 Å². The fourth-order valence-corrected chi connectivity index (χ4v) is 2.73. The molecule has 0 aromatic heterocycles. The molecule has 150 valence electrons. The number of nitrogens with zero attached hydrogens (tertiary/aromatic N) is 1. The van der Waals surface area contributed by atoms with Gasteiger partial charge in [-0.05, 0) is 74.5 Å². The molecule has 3 aromatic carbocycles. The van der Waals surface area contributed by atoms with Crippen molar-refractivity contribution in [2.75, 3.05) is 10.6 Å². The van der Waals surface area contributed by atoms with Gasteiger partial charge in [0.05, 0.1) is 23.4 Å². The molecule has 0 aliphatic heterocycles. The van der Waals surface area contributed by atoms with Crippen LogP contribution in [0.2, 0.25) is 0 Å². The van der Waals surface area contributed by atoms with Crippen LogP contribution in [-0.4, -0.2) is 17.9 Å². The number of ether oxygens (including phenoxy) is 1. The van der Waals surface area contributed by atoms with Gasteiger partial charge in [-0.15, -0.1) is 0 Å². The molecule has 6 heteroatoms. The first-order chi connectivity index (χ1) is 14.5. The van der Waals surface area contributed by atoms with E-state index in [9.17, 15) is 9.59 Å². The number of carbonyl (C=O) groups is 2. The van der Waals surface area contributed by atoms with Crippen molar-refractivity contribution < 1.29 is 14.3 Å². The van der Waals surface area contributed by atoms with Crippen molar-refractivity contribution in [2.24, 2.45) is 0 Å². The number of anilines is 2. The van der Waals surface area contributed by atoms with E-state index in [1.165, 1.54) is 0 Å². The van der Waals surface area contributed by atoms with Crippen molar-refractivity contribution in [3.63, 3.8) is 0 Å². The van der Waals surface area contributed by atoms with Crippen molar-refractivity contribution >= 4 is 23.2 Å². The minimum absolute atomic E-state index is 0.0167. The molecule has 0 fully saturated rings. The summed E-state index contributed by atoms with van der Waals surface area (Å²) in [5.41, 5.74) is 2.52. The maximum absolute atomic E-state index is 12.6. The lowest BCUT2D eigenvalue weighted by Crippen LogP contribution is -2.15. The summed E-state index contributed by atoms with van der Waals surface area (Å²) in [6, 6.07) is 22.2. The van der Waals surface area contributed by atoms with Crippen molar-refractivity contribution in [1.29, 1.82) is 5.26 Å². The minimum Gasteiger partial charge on any atom is -0.489 e. The van der Waals surface area contributed by atoms with E-state index in [1.807, 2.05) is 32.0 Å². The fraction of sp³-hybridized carbons (Fsp3) is 0.125. The number of para-hydroxylation sites is 2. The summed E-state index contributed by atoms with van der Waals surface area (Å²) in [5, 5.41) is 14.4. The Balaban J connectivity index is 1.67. The largest absolute Gasteiger partial charge is 0.489 e. The monoisotopic (exact) mass is 399 g/mol. The molecule has 0 saturated carbocycles. The average Bonchev–Trinajstić information content (AvgIpc) is 2.75. The fourth-order valence-electron chi connectivity index (χ4n) is 2.73. The van der Waals surface area contributed by atoms with Crippen molar-refractivity contribution in [3.05, 3.63) is 89.5 Å². The second kappa shape index (κ2) is 9.39. The zero-order chi connectivity index (χ0) is 21.5. The second-order valence-electron chi connectivity index (χ2n) is 6.84. The highest BCUT2D eigenvalue weighted by atomic mass is 16.5. The van der Waals surface area contributed by atoms with E-state index in [0.717, 1.165) is 0 Å². The molecule has 0 unspecified atom stereocenters. The number of rotatable bonds is 6. The summed E-state index contributed by atoms with van der Waals surface area (Å²) in [6.45, 7) is 3.83. The zero-order valence-electron chi connectivity index (χ0n) is 16.7. The van der Waals surface area contributed by atoms with Crippen LogP contribution in [0.1, 0.15) is 40.1 Å². The van der Waals surface area contributed by atoms with Gasteiger partial charge in [0.2, 0.25) is 0 Å². The molecule has 0 aliphatic rings. The molecule has 2 N–H and O–H groups in total. The molecule has 2 amide bonds. The molecule has 0 heterocycles. The third-order valence-corrected chi connectivity index (χ3v) is 4.18. The van der Waals surface area contributed by atoms with Crippen LogP contribution in [0, 0.1) is 11.3 Å². The Morgan fingerprint density at radius 2 is 1.40 bits per heavy atom. The maximum Gasteiger partial charge on any atom is 0.255 e. The first-order valence-corrected chi connectivity index (χ1v) is 9.45. The third-order valence-electron chi connectivity index (χ3n) is 4.18. The standard InChI is InChI=1S/C24H21N3O3/c1-16(2)30-22-6-4-3-5-21(22)27-24(29)19-11-9-18(10-12-19)23(28)26-20-13-7-17(15-25)8-14-20/h3-14,16H,1-2H3,(H,26,28)(H,27,29). The summed E-state index contributed by atoms with van der Waals surface area (Å²) in [4.78, 5) is 25.0. The summed E-state index contributed by atoms with van der Waals surface area (Å²) < 4.78 is 5.72. The maximum atomic E-state index is 12.6. The van der Waals surface area contributed by atoms with E-state index in [2.05, 4.69) is 10.6 Å². The Labute approximate surface area is 175 Å². The van der Waals surface area contributed by atoms with Gasteiger partial charge in [0, 0.05) is 16.8 Å². The predicted octanol–water partition coefficient (Wildman–Crippen LogP) is 4.85. The van der Waals surface area contributed by atoms with Crippen molar-refractivity contribution in [1.82, 2.24) is 0 Å². The second-order valence-corrected chi connectivity index (χ2v) is 6.84. The molecule has 0 spiro atoms. The first kappa shape index (κ1) is 20.6. The molecule has 6 nitrogen and oxygen atoms in total. The molecule has 30 heavy (non-hydrogen) atoms. The van der Waals surface area contributed by atoms with E-state index in [0.29, 0.717) is 33.8 Å². The molecule has 3 aromatic rings. The number of carbonyl (C=O) groups excluding carboxylic acids is 2. The van der Waals surface area contributed by atoms with Gasteiger partial charge in [0.1, 0.15) is 5.75 Å². The normalized spacial score (nSPS) is 10.2. The molecular formula is C24H21N3O3. The van der Waals surface area contributed by atoms with Crippen molar-refractivity contribution in [3.8, 4) is 11.8 Å². The van der Waals surface area contributed by atoms with Gasteiger partial charge in [-0.2, -0.15) is 5.26 Å². The van der Waals surface area contributed by atoms with E-state index in [1.54, 1.807) is 60.7 Å². The smallest absolute Gasteiger partial charge is 0.255 e. The van der Waals surface area contributed by atoms with E-state index in [-0.39, 0.29) is 17.9 Å². The highest BCUT2D eigenvalue weighted by Crippen LogP contribution is 2.25. The minimum atomic E-state index is -0.303. The Morgan fingerprint density at radius 1 is 0.833 bits per heavy atom. The highest BCUT2D eigenvalue weighted by Gasteiger charge is 2.12. The Morgan fingerprint density at radius 3 is 1.97 bits per heavy atom.